The topological polar surface area (TPSA) is 78.0 Å². The Labute approximate surface area is 134 Å². The number of hydrogen-bond acceptors (Lipinski definition) is 3. The lowest BCUT2D eigenvalue weighted by atomic mass is 10.1. The first-order chi connectivity index (χ1) is 10.5. The summed E-state index contributed by atoms with van der Waals surface area (Å²) in [5.41, 5.74) is 3.72. The highest BCUT2D eigenvalue weighted by Crippen LogP contribution is 2.16. The predicted molar refractivity (Wildman–Crippen MR) is 85.8 cm³/mol. The van der Waals surface area contributed by atoms with Crippen molar-refractivity contribution in [2.24, 2.45) is 0 Å². The second kappa shape index (κ2) is 7.42. The normalized spacial score (nSPS) is 12.2. The van der Waals surface area contributed by atoms with Crippen LogP contribution in [0.25, 0.3) is 0 Å². The molecule has 1 unspecified atom stereocenters. The monoisotopic (exact) mass is 321 g/mol. The second-order valence-corrected chi connectivity index (χ2v) is 5.72. The smallest absolute Gasteiger partial charge is 0.220 e. The van der Waals surface area contributed by atoms with Gasteiger partial charge in [0.2, 0.25) is 5.91 Å². The zero-order valence-corrected chi connectivity index (χ0v) is 13.4. The molecule has 3 N–H and O–H groups in total. The Hall–Kier alpha value is -1.85. The minimum atomic E-state index is -0.737. The number of carbonyl (C=O) groups is 1. The lowest BCUT2D eigenvalue weighted by molar-refractivity contribution is -0.121. The highest BCUT2D eigenvalue weighted by Gasteiger charge is 2.12. The van der Waals surface area contributed by atoms with Crippen molar-refractivity contribution in [2.75, 3.05) is 6.54 Å². The zero-order valence-electron chi connectivity index (χ0n) is 12.7. The Morgan fingerprint density at radius 2 is 2.05 bits per heavy atom. The number of carbonyl (C=O) groups excluding carboxylic acids is 1. The molecule has 0 radical (unpaired) electrons. The summed E-state index contributed by atoms with van der Waals surface area (Å²) in [4.78, 5) is 11.9. The molecule has 2 rings (SSSR count). The fourth-order valence-electron chi connectivity index (χ4n) is 2.28. The highest BCUT2D eigenvalue weighted by atomic mass is 35.5. The average molecular weight is 322 g/mol. The maximum absolute atomic E-state index is 11.9. The summed E-state index contributed by atoms with van der Waals surface area (Å²) in [6.45, 7) is 4.04. The van der Waals surface area contributed by atoms with Crippen LogP contribution in [-0.4, -0.2) is 27.8 Å². The van der Waals surface area contributed by atoms with Crippen molar-refractivity contribution in [2.45, 2.75) is 32.8 Å². The Morgan fingerprint density at radius 1 is 1.36 bits per heavy atom. The van der Waals surface area contributed by atoms with Crippen molar-refractivity contribution in [1.29, 1.82) is 0 Å². The SMILES string of the molecule is Cc1n[nH]c(C)c1CCC(=O)NCC(O)c1ccc(Cl)cc1. The third kappa shape index (κ3) is 4.32. The van der Waals surface area contributed by atoms with Crippen LogP contribution in [0, 0.1) is 13.8 Å². The van der Waals surface area contributed by atoms with Gasteiger partial charge < -0.3 is 10.4 Å². The molecular formula is C16H20ClN3O2. The van der Waals surface area contributed by atoms with Crippen molar-refractivity contribution in [3.8, 4) is 0 Å². The minimum absolute atomic E-state index is 0.0898. The van der Waals surface area contributed by atoms with Gasteiger partial charge in [-0.2, -0.15) is 5.10 Å². The molecule has 0 aliphatic heterocycles. The number of hydrogen-bond donors (Lipinski definition) is 3. The number of halogens is 1. The number of aryl methyl sites for hydroxylation is 2. The molecule has 1 aromatic carbocycles. The molecule has 0 fully saturated rings. The molecule has 1 atom stereocenters. The molecule has 1 aromatic heterocycles. The summed E-state index contributed by atoms with van der Waals surface area (Å²) in [7, 11) is 0. The van der Waals surface area contributed by atoms with E-state index in [0.717, 1.165) is 22.5 Å². The van der Waals surface area contributed by atoms with Crippen molar-refractivity contribution in [3.63, 3.8) is 0 Å². The summed E-state index contributed by atoms with van der Waals surface area (Å²) in [6.07, 6.45) is 0.268. The average Bonchev–Trinajstić information content (AvgIpc) is 2.82. The fourth-order valence-corrected chi connectivity index (χ4v) is 2.41. The number of aliphatic hydroxyl groups excluding tert-OH is 1. The van der Waals surface area contributed by atoms with Gasteiger partial charge >= 0.3 is 0 Å². The number of aromatic nitrogens is 2. The second-order valence-electron chi connectivity index (χ2n) is 5.28. The van der Waals surface area contributed by atoms with Crippen LogP contribution >= 0.6 is 11.6 Å². The number of nitrogens with zero attached hydrogens (tertiary/aromatic N) is 1. The maximum atomic E-state index is 11.9. The zero-order chi connectivity index (χ0) is 16.1. The van der Waals surface area contributed by atoms with E-state index in [1.807, 2.05) is 13.8 Å². The van der Waals surface area contributed by atoms with Crippen LogP contribution in [0.15, 0.2) is 24.3 Å². The summed E-state index contributed by atoms with van der Waals surface area (Å²) in [6, 6.07) is 6.92. The van der Waals surface area contributed by atoms with E-state index in [1.165, 1.54) is 0 Å². The van der Waals surface area contributed by atoms with Crippen LogP contribution in [0.4, 0.5) is 0 Å². The van der Waals surface area contributed by atoms with Gasteiger partial charge in [-0.05, 0) is 43.5 Å². The predicted octanol–water partition coefficient (Wildman–Crippen LogP) is 2.46. The number of aromatic amines is 1. The third-order valence-electron chi connectivity index (χ3n) is 3.63. The molecule has 1 heterocycles. The molecular weight excluding hydrogens is 302 g/mol. The highest BCUT2D eigenvalue weighted by molar-refractivity contribution is 6.30. The van der Waals surface area contributed by atoms with Gasteiger partial charge in [-0.25, -0.2) is 0 Å². The molecule has 0 aliphatic rings. The number of aliphatic hydroxyl groups is 1. The molecule has 22 heavy (non-hydrogen) atoms. The Morgan fingerprint density at radius 3 is 2.64 bits per heavy atom. The molecule has 2 aromatic rings. The van der Waals surface area contributed by atoms with Crippen LogP contribution in [-0.2, 0) is 11.2 Å². The van der Waals surface area contributed by atoms with Gasteiger partial charge in [-0.3, -0.25) is 9.89 Å². The van der Waals surface area contributed by atoms with Gasteiger partial charge in [0.05, 0.1) is 11.8 Å². The third-order valence-corrected chi connectivity index (χ3v) is 3.88. The van der Waals surface area contributed by atoms with E-state index in [-0.39, 0.29) is 12.5 Å². The van der Waals surface area contributed by atoms with Gasteiger partial charge in [0.25, 0.3) is 0 Å². The van der Waals surface area contributed by atoms with Crippen molar-refractivity contribution in [1.82, 2.24) is 15.5 Å². The number of rotatable bonds is 6. The fraction of sp³-hybridized carbons (Fsp3) is 0.375. The number of nitrogens with one attached hydrogen (secondary N) is 2. The molecule has 118 valence electrons. The largest absolute Gasteiger partial charge is 0.387 e. The Balaban J connectivity index is 1.79. The van der Waals surface area contributed by atoms with E-state index in [1.54, 1.807) is 24.3 Å². The van der Waals surface area contributed by atoms with Gasteiger partial charge in [0.1, 0.15) is 0 Å². The minimum Gasteiger partial charge on any atom is -0.387 e. The van der Waals surface area contributed by atoms with Gasteiger partial charge in [-0.15, -0.1) is 0 Å². The molecule has 5 nitrogen and oxygen atoms in total. The number of H-pyrrole nitrogens is 1. The quantitative estimate of drug-likeness (QED) is 0.764. The first-order valence-electron chi connectivity index (χ1n) is 7.18. The van der Waals surface area contributed by atoms with E-state index >= 15 is 0 Å². The van der Waals surface area contributed by atoms with Gasteiger partial charge in [0, 0.05) is 23.7 Å². The molecule has 0 bridgehead atoms. The van der Waals surface area contributed by atoms with E-state index in [2.05, 4.69) is 15.5 Å². The lowest BCUT2D eigenvalue weighted by Crippen LogP contribution is -2.28. The number of amides is 1. The summed E-state index contributed by atoms with van der Waals surface area (Å²) in [5, 5.41) is 20.4. The first-order valence-corrected chi connectivity index (χ1v) is 7.56. The van der Waals surface area contributed by atoms with Gasteiger partial charge in [-0.1, -0.05) is 23.7 Å². The van der Waals surface area contributed by atoms with Crippen LogP contribution < -0.4 is 5.32 Å². The molecule has 0 saturated heterocycles. The summed E-state index contributed by atoms with van der Waals surface area (Å²) >= 11 is 5.80. The lowest BCUT2D eigenvalue weighted by Gasteiger charge is -2.12. The molecule has 0 saturated carbocycles. The molecule has 0 aliphatic carbocycles. The standard InChI is InChI=1S/C16H20ClN3O2/c1-10-14(11(2)20-19-10)7-8-16(22)18-9-15(21)12-3-5-13(17)6-4-12/h3-6,15,21H,7-9H2,1-2H3,(H,18,22)(H,19,20). The van der Waals surface area contributed by atoms with Gasteiger partial charge in [0.15, 0.2) is 0 Å². The first kappa shape index (κ1) is 16.5. The van der Waals surface area contributed by atoms with Crippen molar-refractivity contribution >= 4 is 17.5 Å². The maximum Gasteiger partial charge on any atom is 0.220 e. The van der Waals surface area contributed by atoms with Crippen molar-refractivity contribution in [3.05, 3.63) is 51.8 Å². The Kier molecular flexibility index (Phi) is 5.57. The van der Waals surface area contributed by atoms with Crippen LogP contribution in [0.3, 0.4) is 0 Å². The summed E-state index contributed by atoms with van der Waals surface area (Å²) < 4.78 is 0. The van der Waals surface area contributed by atoms with Crippen LogP contribution in [0.1, 0.15) is 35.0 Å². The summed E-state index contributed by atoms with van der Waals surface area (Å²) in [5.74, 6) is -0.0898. The van der Waals surface area contributed by atoms with E-state index < -0.39 is 6.10 Å². The molecule has 6 heteroatoms. The van der Waals surface area contributed by atoms with Crippen LogP contribution in [0.2, 0.25) is 5.02 Å². The number of benzene rings is 1. The van der Waals surface area contributed by atoms with E-state index in [9.17, 15) is 9.90 Å². The Bertz CT molecular complexity index is 618. The van der Waals surface area contributed by atoms with Crippen LogP contribution in [0.5, 0.6) is 0 Å². The molecule has 1 amide bonds. The van der Waals surface area contributed by atoms with Crippen molar-refractivity contribution < 1.29 is 9.90 Å². The van der Waals surface area contributed by atoms with E-state index in [0.29, 0.717) is 17.9 Å². The van der Waals surface area contributed by atoms with E-state index in [4.69, 9.17) is 11.6 Å². The molecule has 0 spiro atoms.